The second-order valence-electron chi connectivity index (χ2n) is 6.85. The standard InChI is InChI=1S/C18H21F3N4OS/c1-17(2)15(23)25(16(27)24(17)7-3-4-8-26)14-6-5-12(11-22)13(9-14)10-18(19,20)21/h5-6,9,23,26H,3-4,7-8,10H2,1-2H3. The van der Waals surface area contributed by atoms with Crippen LogP contribution in [-0.2, 0) is 6.42 Å². The maximum Gasteiger partial charge on any atom is 0.393 e. The number of aliphatic hydroxyl groups is 1. The summed E-state index contributed by atoms with van der Waals surface area (Å²) in [4.78, 5) is 3.28. The predicted molar refractivity (Wildman–Crippen MR) is 101 cm³/mol. The van der Waals surface area contributed by atoms with E-state index in [0.29, 0.717) is 30.2 Å². The van der Waals surface area contributed by atoms with Crippen molar-refractivity contribution in [2.75, 3.05) is 18.1 Å². The summed E-state index contributed by atoms with van der Waals surface area (Å²) in [5.41, 5.74) is -0.590. The van der Waals surface area contributed by atoms with E-state index in [1.54, 1.807) is 6.07 Å². The molecule has 1 aromatic carbocycles. The summed E-state index contributed by atoms with van der Waals surface area (Å²) in [6.07, 6.45) is -4.40. The number of thiocarbonyl (C=S) groups is 1. The summed E-state index contributed by atoms with van der Waals surface area (Å²) < 4.78 is 38.6. The van der Waals surface area contributed by atoms with Crippen molar-refractivity contribution in [1.29, 1.82) is 10.7 Å². The molecule has 0 amide bonds. The van der Waals surface area contributed by atoms with E-state index < -0.39 is 18.1 Å². The number of anilines is 1. The van der Waals surface area contributed by atoms with Crippen molar-refractivity contribution in [3.05, 3.63) is 29.3 Å². The third-order valence-electron chi connectivity index (χ3n) is 4.55. The largest absolute Gasteiger partial charge is 0.396 e. The van der Waals surface area contributed by atoms with Crippen LogP contribution in [0, 0.1) is 16.7 Å². The molecule has 0 saturated carbocycles. The smallest absolute Gasteiger partial charge is 0.393 e. The van der Waals surface area contributed by atoms with Crippen LogP contribution >= 0.6 is 12.2 Å². The van der Waals surface area contributed by atoms with Gasteiger partial charge in [0.25, 0.3) is 0 Å². The van der Waals surface area contributed by atoms with Gasteiger partial charge in [0.1, 0.15) is 5.84 Å². The number of aliphatic hydroxyl groups excluding tert-OH is 1. The van der Waals surface area contributed by atoms with Crippen molar-refractivity contribution in [3.8, 4) is 6.07 Å². The Morgan fingerprint density at radius 2 is 1.96 bits per heavy atom. The highest BCUT2D eigenvalue weighted by atomic mass is 32.1. The second-order valence-corrected chi connectivity index (χ2v) is 7.22. The first-order valence-electron chi connectivity index (χ1n) is 8.44. The molecule has 2 rings (SSSR count). The van der Waals surface area contributed by atoms with Gasteiger partial charge in [-0.05, 0) is 62.7 Å². The molecule has 1 heterocycles. The van der Waals surface area contributed by atoms with Gasteiger partial charge >= 0.3 is 6.18 Å². The molecular weight excluding hydrogens is 377 g/mol. The highest BCUT2D eigenvalue weighted by Gasteiger charge is 2.46. The molecular formula is C18H21F3N4OS. The van der Waals surface area contributed by atoms with E-state index in [9.17, 15) is 13.2 Å². The van der Waals surface area contributed by atoms with Crippen molar-refractivity contribution in [1.82, 2.24) is 4.90 Å². The molecule has 1 aromatic rings. The van der Waals surface area contributed by atoms with Crippen molar-refractivity contribution in [2.45, 2.75) is 44.8 Å². The van der Waals surface area contributed by atoms with Gasteiger partial charge in [-0.3, -0.25) is 10.3 Å². The zero-order valence-corrected chi connectivity index (χ0v) is 15.9. The van der Waals surface area contributed by atoms with Crippen LogP contribution in [0.4, 0.5) is 18.9 Å². The zero-order valence-electron chi connectivity index (χ0n) is 15.1. The van der Waals surface area contributed by atoms with Crippen LogP contribution in [0.15, 0.2) is 18.2 Å². The number of unbranched alkanes of at least 4 members (excludes halogenated alkanes) is 1. The topological polar surface area (TPSA) is 74.4 Å². The van der Waals surface area contributed by atoms with E-state index in [-0.39, 0.29) is 23.6 Å². The average molecular weight is 398 g/mol. The van der Waals surface area contributed by atoms with Crippen molar-refractivity contribution < 1.29 is 18.3 Å². The summed E-state index contributed by atoms with van der Waals surface area (Å²) in [5, 5.41) is 26.9. The normalized spacial score (nSPS) is 16.8. The van der Waals surface area contributed by atoms with Gasteiger partial charge in [-0.1, -0.05) is 0 Å². The number of rotatable bonds is 6. The lowest BCUT2D eigenvalue weighted by Gasteiger charge is -2.30. The quantitative estimate of drug-likeness (QED) is 0.566. The molecule has 1 fully saturated rings. The van der Waals surface area contributed by atoms with Gasteiger partial charge in [0.15, 0.2) is 5.11 Å². The summed E-state index contributed by atoms with van der Waals surface area (Å²) in [7, 11) is 0. The molecule has 0 aromatic heterocycles. The van der Waals surface area contributed by atoms with Gasteiger partial charge in [0.2, 0.25) is 0 Å². The second kappa shape index (κ2) is 7.82. The molecule has 0 unspecified atom stereocenters. The summed E-state index contributed by atoms with van der Waals surface area (Å²) >= 11 is 5.50. The van der Waals surface area contributed by atoms with Crippen LogP contribution in [-0.4, -0.2) is 45.8 Å². The van der Waals surface area contributed by atoms with Crippen LogP contribution in [0.2, 0.25) is 0 Å². The molecule has 146 valence electrons. The number of amidine groups is 1. The van der Waals surface area contributed by atoms with Crippen LogP contribution < -0.4 is 4.90 Å². The molecule has 0 aliphatic carbocycles. The number of nitrogens with zero attached hydrogens (tertiary/aromatic N) is 3. The Labute approximate surface area is 161 Å². The first-order valence-corrected chi connectivity index (χ1v) is 8.85. The minimum absolute atomic E-state index is 0.0493. The Balaban J connectivity index is 2.39. The number of benzene rings is 1. The molecule has 2 N–H and O–H groups in total. The third-order valence-corrected chi connectivity index (χ3v) is 4.95. The minimum Gasteiger partial charge on any atom is -0.396 e. The Morgan fingerprint density at radius 1 is 1.30 bits per heavy atom. The summed E-state index contributed by atoms with van der Waals surface area (Å²) in [6.45, 7) is 4.22. The predicted octanol–water partition coefficient (Wildman–Crippen LogP) is 3.60. The Hall–Kier alpha value is -2.18. The molecule has 0 atom stereocenters. The van der Waals surface area contributed by atoms with Crippen molar-refractivity contribution >= 4 is 28.9 Å². The molecule has 1 aliphatic heterocycles. The van der Waals surface area contributed by atoms with Gasteiger partial charge in [-0.25, -0.2) is 0 Å². The minimum atomic E-state index is -4.45. The van der Waals surface area contributed by atoms with Gasteiger partial charge in [0, 0.05) is 18.8 Å². The van der Waals surface area contributed by atoms with Crippen LogP contribution in [0.25, 0.3) is 0 Å². The van der Waals surface area contributed by atoms with E-state index in [1.807, 2.05) is 18.7 Å². The van der Waals surface area contributed by atoms with Gasteiger partial charge in [-0.2, -0.15) is 18.4 Å². The fourth-order valence-electron chi connectivity index (χ4n) is 3.04. The summed E-state index contributed by atoms with van der Waals surface area (Å²) in [6, 6.07) is 5.89. The molecule has 0 spiro atoms. The first-order chi connectivity index (χ1) is 12.5. The molecule has 0 bridgehead atoms. The molecule has 1 saturated heterocycles. The average Bonchev–Trinajstić information content (AvgIpc) is 2.73. The number of nitriles is 1. The summed E-state index contributed by atoms with van der Waals surface area (Å²) in [5.74, 6) is 0.152. The number of nitrogens with one attached hydrogen (secondary N) is 1. The van der Waals surface area contributed by atoms with E-state index in [0.717, 1.165) is 0 Å². The first kappa shape index (κ1) is 21.1. The van der Waals surface area contributed by atoms with Crippen LogP contribution in [0.5, 0.6) is 0 Å². The third kappa shape index (κ3) is 4.39. The zero-order chi connectivity index (χ0) is 20.4. The molecule has 0 radical (unpaired) electrons. The number of halogens is 3. The van der Waals surface area contributed by atoms with Gasteiger partial charge < -0.3 is 10.0 Å². The monoisotopic (exact) mass is 398 g/mol. The molecule has 5 nitrogen and oxygen atoms in total. The Bertz CT molecular complexity index is 786. The van der Waals surface area contributed by atoms with Crippen molar-refractivity contribution in [2.24, 2.45) is 0 Å². The maximum atomic E-state index is 12.9. The fraction of sp³-hybridized carbons (Fsp3) is 0.500. The lowest BCUT2D eigenvalue weighted by atomic mass is 10.0. The molecule has 1 aliphatic rings. The number of hydrogen-bond acceptors (Lipinski definition) is 4. The Morgan fingerprint density at radius 3 is 2.52 bits per heavy atom. The molecule has 9 heteroatoms. The van der Waals surface area contributed by atoms with Gasteiger partial charge in [-0.15, -0.1) is 0 Å². The van der Waals surface area contributed by atoms with E-state index in [1.165, 1.54) is 23.1 Å². The highest BCUT2D eigenvalue weighted by Crippen LogP contribution is 2.34. The molecule has 27 heavy (non-hydrogen) atoms. The fourth-order valence-corrected chi connectivity index (χ4v) is 3.56. The Kier molecular flexibility index (Phi) is 6.12. The number of alkyl halides is 3. The van der Waals surface area contributed by atoms with Crippen LogP contribution in [0.3, 0.4) is 0 Å². The van der Waals surface area contributed by atoms with E-state index >= 15 is 0 Å². The van der Waals surface area contributed by atoms with E-state index in [4.69, 9.17) is 28.0 Å². The van der Waals surface area contributed by atoms with Gasteiger partial charge in [0.05, 0.1) is 23.6 Å². The lowest BCUT2D eigenvalue weighted by molar-refractivity contribution is -0.127. The maximum absolute atomic E-state index is 12.9. The lowest BCUT2D eigenvalue weighted by Crippen LogP contribution is -2.44. The van der Waals surface area contributed by atoms with Crippen molar-refractivity contribution in [3.63, 3.8) is 0 Å². The number of hydrogen-bond donors (Lipinski definition) is 2. The van der Waals surface area contributed by atoms with Crippen LogP contribution in [0.1, 0.15) is 37.8 Å². The highest BCUT2D eigenvalue weighted by molar-refractivity contribution is 7.80. The van der Waals surface area contributed by atoms with E-state index in [2.05, 4.69) is 0 Å². The SMILES string of the molecule is CC1(C)C(=N)N(c2ccc(C#N)c(CC(F)(F)F)c2)C(=S)N1CCCCO.